The second-order valence-electron chi connectivity index (χ2n) is 4.97. The third-order valence-corrected chi connectivity index (χ3v) is 3.40. The van der Waals surface area contributed by atoms with Gasteiger partial charge in [-0.15, -0.1) is 0 Å². The second-order valence-corrected chi connectivity index (χ2v) is 5.81. The average molecular weight is 310 g/mol. The van der Waals surface area contributed by atoms with Gasteiger partial charge in [0.15, 0.2) is 0 Å². The summed E-state index contributed by atoms with van der Waals surface area (Å²) in [4.78, 5) is 0. The van der Waals surface area contributed by atoms with Gasteiger partial charge in [-0.25, -0.2) is 0 Å². The third kappa shape index (κ3) is 3.89. The molecule has 20 heavy (non-hydrogen) atoms. The van der Waals surface area contributed by atoms with Crippen LogP contribution in [0.15, 0.2) is 36.4 Å². The molecule has 1 atom stereocenters. The summed E-state index contributed by atoms with van der Waals surface area (Å²) in [6.45, 7) is 4.02. The Morgan fingerprint density at radius 3 is 2.45 bits per heavy atom. The van der Waals surface area contributed by atoms with E-state index in [9.17, 15) is 0 Å². The van der Waals surface area contributed by atoms with Gasteiger partial charge in [0.25, 0.3) is 0 Å². The first kappa shape index (κ1) is 15.2. The van der Waals surface area contributed by atoms with E-state index in [1.54, 1.807) is 18.2 Å². The van der Waals surface area contributed by atoms with Crippen molar-refractivity contribution < 1.29 is 4.74 Å². The molecule has 0 fully saturated rings. The van der Waals surface area contributed by atoms with Crippen LogP contribution in [0.3, 0.4) is 0 Å². The molecule has 0 saturated carbocycles. The number of hydrogen-bond acceptors (Lipinski definition) is 2. The smallest absolute Gasteiger partial charge is 0.146 e. The summed E-state index contributed by atoms with van der Waals surface area (Å²) in [5.74, 6) is 1.36. The molecule has 0 heterocycles. The SMILES string of the molecule is Cc1ccc(Oc2ccc(Cl)cc2Cl)c(CC(C)N)c1. The van der Waals surface area contributed by atoms with Gasteiger partial charge < -0.3 is 10.5 Å². The Bertz CT molecular complexity index is 611. The maximum atomic E-state index is 6.13. The van der Waals surface area contributed by atoms with Crippen molar-refractivity contribution >= 4 is 23.2 Å². The topological polar surface area (TPSA) is 35.2 Å². The van der Waals surface area contributed by atoms with Crippen molar-refractivity contribution in [2.75, 3.05) is 0 Å². The Balaban J connectivity index is 2.32. The van der Waals surface area contributed by atoms with Crippen molar-refractivity contribution in [1.29, 1.82) is 0 Å². The first-order valence-electron chi connectivity index (χ1n) is 6.43. The summed E-state index contributed by atoms with van der Waals surface area (Å²) in [7, 11) is 0. The molecule has 0 aliphatic rings. The molecule has 0 radical (unpaired) electrons. The molecule has 0 amide bonds. The second kappa shape index (κ2) is 6.49. The van der Waals surface area contributed by atoms with E-state index in [2.05, 4.69) is 6.07 Å². The molecule has 106 valence electrons. The molecule has 4 heteroatoms. The van der Waals surface area contributed by atoms with E-state index in [0.29, 0.717) is 15.8 Å². The fourth-order valence-corrected chi connectivity index (χ4v) is 2.44. The van der Waals surface area contributed by atoms with Crippen LogP contribution in [0, 0.1) is 6.92 Å². The third-order valence-electron chi connectivity index (χ3n) is 2.87. The Morgan fingerprint density at radius 2 is 1.80 bits per heavy atom. The number of ether oxygens (including phenoxy) is 1. The molecule has 1 unspecified atom stereocenters. The molecule has 2 nitrogen and oxygen atoms in total. The van der Waals surface area contributed by atoms with E-state index >= 15 is 0 Å². The standard InChI is InChI=1S/C16H17Cl2NO/c1-10-3-5-15(12(7-10)8-11(2)19)20-16-6-4-13(17)9-14(16)18/h3-7,9,11H,8,19H2,1-2H3. The molecule has 2 rings (SSSR count). The lowest BCUT2D eigenvalue weighted by Crippen LogP contribution is -2.18. The van der Waals surface area contributed by atoms with Crippen molar-refractivity contribution in [3.05, 3.63) is 57.6 Å². The van der Waals surface area contributed by atoms with E-state index in [0.717, 1.165) is 17.7 Å². The lowest BCUT2D eigenvalue weighted by atomic mass is 10.0. The van der Waals surface area contributed by atoms with Crippen LogP contribution < -0.4 is 10.5 Å². The summed E-state index contributed by atoms with van der Waals surface area (Å²) in [5, 5.41) is 1.08. The van der Waals surface area contributed by atoms with E-state index in [-0.39, 0.29) is 6.04 Å². The first-order valence-corrected chi connectivity index (χ1v) is 7.19. The quantitative estimate of drug-likeness (QED) is 0.864. The fraction of sp³-hybridized carbons (Fsp3) is 0.250. The molecule has 2 N–H and O–H groups in total. The minimum Gasteiger partial charge on any atom is -0.456 e. The molecule has 0 bridgehead atoms. The zero-order valence-electron chi connectivity index (χ0n) is 11.5. The van der Waals surface area contributed by atoms with Crippen LogP contribution >= 0.6 is 23.2 Å². The van der Waals surface area contributed by atoms with Crippen molar-refractivity contribution in [3.8, 4) is 11.5 Å². The zero-order valence-corrected chi connectivity index (χ0v) is 13.0. The molecule has 2 aromatic rings. The van der Waals surface area contributed by atoms with Gasteiger partial charge in [0.1, 0.15) is 11.5 Å². The van der Waals surface area contributed by atoms with E-state index in [4.69, 9.17) is 33.7 Å². The van der Waals surface area contributed by atoms with Crippen molar-refractivity contribution in [2.24, 2.45) is 5.73 Å². The number of benzene rings is 2. The molecule has 0 saturated heterocycles. The zero-order chi connectivity index (χ0) is 14.7. The van der Waals surface area contributed by atoms with E-state index in [1.165, 1.54) is 5.56 Å². The summed E-state index contributed by atoms with van der Waals surface area (Å²) in [6.07, 6.45) is 0.752. The summed E-state index contributed by atoms with van der Waals surface area (Å²) >= 11 is 12.0. The van der Waals surface area contributed by atoms with Crippen molar-refractivity contribution in [1.82, 2.24) is 0 Å². The Morgan fingerprint density at radius 1 is 1.10 bits per heavy atom. The molecular formula is C16H17Cl2NO. The van der Waals surface area contributed by atoms with Crippen LogP contribution in [0.4, 0.5) is 0 Å². The van der Waals surface area contributed by atoms with Gasteiger partial charge in [0.2, 0.25) is 0 Å². The highest BCUT2D eigenvalue weighted by molar-refractivity contribution is 6.35. The number of aryl methyl sites for hydroxylation is 1. The summed E-state index contributed by atoms with van der Waals surface area (Å²) in [6, 6.07) is 11.3. The summed E-state index contributed by atoms with van der Waals surface area (Å²) < 4.78 is 5.91. The minimum atomic E-state index is 0.0693. The van der Waals surface area contributed by atoms with Crippen LogP contribution in [0.1, 0.15) is 18.1 Å². The van der Waals surface area contributed by atoms with Gasteiger partial charge in [-0.1, -0.05) is 40.9 Å². The Hall–Kier alpha value is -1.22. The minimum absolute atomic E-state index is 0.0693. The molecule has 0 aliphatic carbocycles. The molecule has 0 aromatic heterocycles. The van der Waals surface area contributed by atoms with Gasteiger partial charge in [-0.05, 0) is 50.1 Å². The normalized spacial score (nSPS) is 12.2. The highest BCUT2D eigenvalue weighted by Crippen LogP contribution is 2.33. The maximum Gasteiger partial charge on any atom is 0.146 e. The highest BCUT2D eigenvalue weighted by atomic mass is 35.5. The molecule has 2 aromatic carbocycles. The average Bonchev–Trinajstić information content (AvgIpc) is 2.34. The van der Waals surface area contributed by atoms with Crippen molar-refractivity contribution in [3.63, 3.8) is 0 Å². The maximum absolute atomic E-state index is 6.13. The molecule has 0 aliphatic heterocycles. The van der Waals surface area contributed by atoms with Gasteiger partial charge in [0.05, 0.1) is 5.02 Å². The first-order chi connectivity index (χ1) is 9.45. The molecule has 0 spiro atoms. The lowest BCUT2D eigenvalue weighted by molar-refractivity contribution is 0.474. The van der Waals surface area contributed by atoms with E-state index in [1.807, 2.05) is 26.0 Å². The summed E-state index contributed by atoms with van der Waals surface area (Å²) in [5.41, 5.74) is 8.14. The predicted molar refractivity (Wildman–Crippen MR) is 85.1 cm³/mol. The van der Waals surface area contributed by atoms with E-state index < -0.39 is 0 Å². The van der Waals surface area contributed by atoms with Crippen LogP contribution in [-0.4, -0.2) is 6.04 Å². The largest absolute Gasteiger partial charge is 0.456 e. The van der Waals surface area contributed by atoms with Crippen LogP contribution in [0.2, 0.25) is 10.0 Å². The van der Waals surface area contributed by atoms with Crippen molar-refractivity contribution in [2.45, 2.75) is 26.3 Å². The van der Waals surface area contributed by atoms with Gasteiger partial charge in [-0.3, -0.25) is 0 Å². The number of rotatable bonds is 4. The van der Waals surface area contributed by atoms with Gasteiger partial charge in [0, 0.05) is 11.1 Å². The predicted octanol–water partition coefficient (Wildman–Crippen LogP) is 4.98. The highest BCUT2D eigenvalue weighted by Gasteiger charge is 2.10. The lowest BCUT2D eigenvalue weighted by Gasteiger charge is -2.14. The number of hydrogen-bond donors (Lipinski definition) is 1. The van der Waals surface area contributed by atoms with Crippen LogP contribution in [0.5, 0.6) is 11.5 Å². The number of halogens is 2. The number of nitrogens with two attached hydrogens (primary N) is 1. The van der Waals surface area contributed by atoms with Gasteiger partial charge >= 0.3 is 0 Å². The van der Waals surface area contributed by atoms with Crippen LogP contribution in [0.25, 0.3) is 0 Å². The van der Waals surface area contributed by atoms with Gasteiger partial charge in [-0.2, -0.15) is 0 Å². The molecular weight excluding hydrogens is 293 g/mol. The Labute approximate surface area is 129 Å². The fourth-order valence-electron chi connectivity index (χ4n) is 1.99. The monoisotopic (exact) mass is 309 g/mol. The Kier molecular flexibility index (Phi) is 4.92. The van der Waals surface area contributed by atoms with Crippen LogP contribution in [-0.2, 0) is 6.42 Å².